The summed E-state index contributed by atoms with van der Waals surface area (Å²) in [5, 5.41) is 12.6. The zero-order chi connectivity index (χ0) is 13.9. The first kappa shape index (κ1) is 14.8. The molecular weight excluding hydrogens is 242 g/mol. The average molecular weight is 269 g/mol. The number of nitrogens with one attached hydrogen (secondary N) is 1. The van der Waals surface area contributed by atoms with Crippen molar-refractivity contribution >= 4 is 5.97 Å². The first-order chi connectivity index (χ1) is 8.96. The molecule has 0 aromatic carbocycles. The highest BCUT2D eigenvalue weighted by Crippen LogP contribution is 2.38. The number of hydrogen-bond acceptors (Lipinski definition) is 3. The fraction of sp³-hybridized carbons (Fsp3) is 0.933. The van der Waals surface area contributed by atoms with Crippen LogP contribution >= 0.6 is 0 Å². The lowest BCUT2D eigenvalue weighted by molar-refractivity contribution is -0.178. The van der Waals surface area contributed by atoms with Crippen molar-refractivity contribution in [3.63, 3.8) is 0 Å². The van der Waals surface area contributed by atoms with E-state index < -0.39 is 11.4 Å². The maximum Gasteiger partial charge on any atom is 0.315 e. The molecule has 1 saturated carbocycles. The maximum atomic E-state index is 11.2. The minimum atomic E-state index is -0.735. The van der Waals surface area contributed by atoms with Gasteiger partial charge in [0.25, 0.3) is 0 Å². The Labute approximate surface area is 115 Å². The summed E-state index contributed by atoms with van der Waals surface area (Å²) in [4.78, 5) is 11.2. The van der Waals surface area contributed by atoms with Crippen LogP contribution in [0.1, 0.15) is 46.0 Å². The average Bonchev–Trinajstić information content (AvgIpc) is 2.33. The van der Waals surface area contributed by atoms with E-state index in [1.807, 2.05) is 0 Å². The Hall–Kier alpha value is -0.610. The van der Waals surface area contributed by atoms with Crippen molar-refractivity contribution in [3.05, 3.63) is 0 Å². The van der Waals surface area contributed by atoms with Crippen LogP contribution in [0.2, 0.25) is 0 Å². The number of ether oxygens (including phenoxy) is 1. The molecular formula is C15H27NO3. The van der Waals surface area contributed by atoms with Crippen LogP contribution in [-0.2, 0) is 9.53 Å². The monoisotopic (exact) mass is 269 g/mol. The number of hydrogen-bond donors (Lipinski definition) is 2. The van der Waals surface area contributed by atoms with E-state index in [4.69, 9.17) is 4.74 Å². The SMILES string of the molecule is CC(C)(CNCC1(C(=O)O)COC1)C1CCCCC1. The van der Waals surface area contributed by atoms with E-state index in [0.29, 0.717) is 19.8 Å². The molecule has 2 fully saturated rings. The quantitative estimate of drug-likeness (QED) is 0.776. The first-order valence-electron chi connectivity index (χ1n) is 7.48. The summed E-state index contributed by atoms with van der Waals surface area (Å²) < 4.78 is 5.08. The zero-order valence-electron chi connectivity index (χ0n) is 12.2. The van der Waals surface area contributed by atoms with Crippen LogP contribution in [0.25, 0.3) is 0 Å². The van der Waals surface area contributed by atoms with Crippen LogP contribution in [-0.4, -0.2) is 37.4 Å². The molecule has 0 unspecified atom stereocenters. The molecule has 2 N–H and O–H groups in total. The number of carboxylic acid groups (broad SMARTS) is 1. The summed E-state index contributed by atoms with van der Waals surface area (Å²) in [7, 11) is 0. The highest BCUT2D eigenvalue weighted by Gasteiger charge is 2.46. The zero-order valence-corrected chi connectivity index (χ0v) is 12.2. The Morgan fingerprint density at radius 2 is 1.95 bits per heavy atom. The summed E-state index contributed by atoms with van der Waals surface area (Å²) in [5.74, 6) is 0.0360. The molecule has 0 spiro atoms. The second kappa shape index (κ2) is 5.80. The van der Waals surface area contributed by atoms with Gasteiger partial charge in [0, 0.05) is 13.1 Å². The highest BCUT2D eigenvalue weighted by atomic mass is 16.5. The first-order valence-corrected chi connectivity index (χ1v) is 7.48. The summed E-state index contributed by atoms with van der Waals surface area (Å²) in [5.41, 5.74) is -0.423. The second-order valence-corrected chi connectivity index (χ2v) is 7.01. The van der Waals surface area contributed by atoms with Gasteiger partial charge in [0.1, 0.15) is 5.41 Å². The Kier molecular flexibility index (Phi) is 4.51. The van der Waals surface area contributed by atoms with Crippen molar-refractivity contribution in [3.8, 4) is 0 Å². The number of carboxylic acids is 1. The summed E-state index contributed by atoms with van der Waals surface area (Å²) in [6.07, 6.45) is 6.71. The molecule has 4 nitrogen and oxygen atoms in total. The van der Waals surface area contributed by atoms with Crippen molar-refractivity contribution in [2.45, 2.75) is 46.0 Å². The van der Waals surface area contributed by atoms with E-state index in [1.165, 1.54) is 32.1 Å². The molecule has 2 rings (SSSR count). The molecule has 0 radical (unpaired) electrons. The van der Waals surface area contributed by atoms with Gasteiger partial charge in [-0.1, -0.05) is 33.1 Å². The van der Waals surface area contributed by atoms with E-state index in [1.54, 1.807) is 0 Å². The molecule has 1 saturated heterocycles. The van der Waals surface area contributed by atoms with Crippen LogP contribution in [0.4, 0.5) is 0 Å². The predicted octanol–water partition coefficient (Wildman–Crippen LogP) is 2.28. The Morgan fingerprint density at radius 1 is 1.32 bits per heavy atom. The van der Waals surface area contributed by atoms with E-state index in [0.717, 1.165) is 12.5 Å². The van der Waals surface area contributed by atoms with Gasteiger partial charge >= 0.3 is 5.97 Å². The lowest BCUT2D eigenvalue weighted by Crippen LogP contribution is -2.56. The molecule has 0 amide bonds. The van der Waals surface area contributed by atoms with Gasteiger partial charge in [-0.3, -0.25) is 4.79 Å². The van der Waals surface area contributed by atoms with E-state index >= 15 is 0 Å². The molecule has 0 aromatic heterocycles. The minimum Gasteiger partial charge on any atom is -0.481 e. The minimum absolute atomic E-state index is 0.255. The largest absolute Gasteiger partial charge is 0.481 e. The molecule has 1 aliphatic carbocycles. The second-order valence-electron chi connectivity index (χ2n) is 7.01. The lowest BCUT2D eigenvalue weighted by atomic mass is 9.71. The normalized spacial score (nSPS) is 23.9. The fourth-order valence-electron chi connectivity index (χ4n) is 3.30. The molecule has 0 atom stereocenters. The summed E-state index contributed by atoms with van der Waals surface area (Å²) in [6.45, 7) is 6.73. The number of aliphatic carboxylic acids is 1. The Morgan fingerprint density at radius 3 is 2.42 bits per heavy atom. The predicted molar refractivity (Wildman–Crippen MR) is 74.1 cm³/mol. The van der Waals surface area contributed by atoms with Crippen molar-refractivity contribution < 1.29 is 14.6 Å². The summed E-state index contributed by atoms with van der Waals surface area (Å²) in [6, 6.07) is 0. The molecule has 110 valence electrons. The lowest BCUT2D eigenvalue weighted by Gasteiger charge is -2.40. The van der Waals surface area contributed by atoms with E-state index in [2.05, 4.69) is 19.2 Å². The van der Waals surface area contributed by atoms with Gasteiger partial charge < -0.3 is 15.2 Å². The van der Waals surface area contributed by atoms with Gasteiger partial charge in [-0.15, -0.1) is 0 Å². The van der Waals surface area contributed by atoms with Crippen molar-refractivity contribution in [1.29, 1.82) is 0 Å². The van der Waals surface area contributed by atoms with Crippen molar-refractivity contribution in [1.82, 2.24) is 5.32 Å². The van der Waals surface area contributed by atoms with Gasteiger partial charge in [-0.2, -0.15) is 0 Å². The summed E-state index contributed by atoms with van der Waals surface area (Å²) >= 11 is 0. The topological polar surface area (TPSA) is 58.6 Å². The Balaban J connectivity index is 1.79. The third-order valence-corrected chi connectivity index (χ3v) is 4.96. The van der Waals surface area contributed by atoms with Crippen LogP contribution in [0.5, 0.6) is 0 Å². The number of rotatable bonds is 6. The number of carbonyl (C=O) groups is 1. The highest BCUT2D eigenvalue weighted by molar-refractivity contribution is 5.76. The van der Waals surface area contributed by atoms with Crippen LogP contribution in [0.3, 0.4) is 0 Å². The molecule has 19 heavy (non-hydrogen) atoms. The maximum absolute atomic E-state index is 11.2. The molecule has 4 heteroatoms. The van der Waals surface area contributed by atoms with Gasteiger partial charge in [-0.05, 0) is 24.2 Å². The Bertz CT molecular complexity index is 317. The molecule has 0 aromatic rings. The van der Waals surface area contributed by atoms with Gasteiger partial charge in [-0.25, -0.2) is 0 Å². The van der Waals surface area contributed by atoms with Gasteiger partial charge in [0.05, 0.1) is 13.2 Å². The van der Waals surface area contributed by atoms with E-state index in [-0.39, 0.29) is 5.41 Å². The standard InChI is InChI=1S/C15H27NO3/c1-14(2,12-6-4-3-5-7-12)8-16-9-15(13(17)18)10-19-11-15/h12,16H,3-11H2,1-2H3,(H,17,18). The molecule has 1 heterocycles. The van der Waals surface area contributed by atoms with Crippen LogP contribution in [0, 0.1) is 16.7 Å². The van der Waals surface area contributed by atoms with Gasteiger partial charge in [0.2, 0.25) is 0 Å². The van der Waals surface area contributed by atoms with E-state index in [9.17, 15) is 9.90 Å². The third-order valence-electron chi connectivity index (χ3n) is 4.96. The smallest absolute Gasteiger partial charge is 0.315 e. The molecule has 0 bridgehead atoms. The van der Waals surface area contributed by atoms with Crippen LogP contribution < -0.4 is 5.32 Å². The van der Waals surface area contributed by atoms with Crippen molar-refractivity contribution in [2.75, 3.05) is 26.3 Å². The van der Waals surface area contributed by atoms with Gasteiger partial charge in [0.15, 0.2) is 0 Å². The van der Waals surface area contributed by atoms with Crippen LogP contribution in [0.15, 0.2) is 0 Å². The van der Waals surface area contributed by atoms with Crippen molar-refractivity contribution in [2.24, 2.45) is 16.7 Å². The molecule has 2 aliphatic rings. The third kappa shape index (κ3) is 3.29. The molecule has 1 aliphatic heterocycles. The fourth-order valence-corrected chi connectivity index (χ4v) is 3.30.